The highest BCUT2D eigenvalue weighted by atomic mass is 127. The third kappa shape index (κ3) is 3.96. The number of fused-ring (bicyclic) bond motifs is 1. The van der Waals surface area contributed by atoms with Crippen LogP contribution in [0.25, 0.3) is 0 Å². The monoisotopic (exact) mass is 530 g/mol. The van der Waals surface area contributed by atoms with Gasteiger partial charge in [-0.3, -0.25) is 9.80 Å². The van der Waals surface area contributed by atoms with Crippen molar-refractivity contribution in [2.45, 2.75) is 23.3 Å². The number of hydrogen-bond donors (Lipinski definition) is 1. The Hall–Kier alpha value is -1.39. The minimum Gasteiger partial charge on any atom is -0.497 e. The van der Waals surface area contributed by atoms with E-state index >= 15 is 0 Å². The summed E-state index contributed by atoms with van der Waals surface area (Å²) in [7, 11) is 1.67. The maximum absolute atomic E-state index is 13.0. The van der Waals surface area contributed by atoms with E-state index in [0.29, 0.717) is 12.4 Å². The Kier molecular flexibility index (Phi) is 6.03. The molecule has 138 valence electrons. The van der Waals surface area contributed by atoms with Crippen molar-refractivity contribution in [3.05, 3.63) is 51.9 Å². The average Bonchev–Trinajstić information content (AvgIpc) is 2.63. The lowest BCUT2D eigenvalue weighted by Gasteiger charge is -2.36. The van der Waals surface area contributed by atoms with E-state index in [4.69, 9.17) is 10.6 Å². The van der Waals surface area contributed by atoms with Gasteiger partial charge in [-0.1, -0.05) is 28.7 Å². The van der Waals surface area contributed by atoms with Crippen LogP contribution in [0.1, 0.15) is 24.1 Å². The predicted molar refractivity (Wildman–Crippen MR) is 114 cm³/mol. The van der Waals surface area contributed by atoms with Crippen LogP contribution in [0, 0.1) is 0 Å². The number of amides is 1. The molecule has 0 saturated carbocycles. The number of methoxy groups -OCH3 is 1. The molecule has 1 amide bonds. The van der Waals surface area contributed by atoms with Gasteiger partial charge in [-0.15, -0.1) is 0 Å². The van der Waals surface area contributed by atoms with Gasteiger partial charge in [0.1, 0.15) is 15.5 Å². The van der Waals surface area contributed by atoms with Crippen LogP contribution in [-0.2, 0) is 11.2 Å². The van der Waals surface area contributed by atoms with Crippen molar-refractivity contribution in [2.75, 3.05) is 13.7 Å². The zero-order valence-electron chi connectivity index (χ0n) is 14.5. The van der Waals surface area contributed by atoms with E-state index in [-0.39, 0.29) is 15.9 Å². The van der Waals surface area contributed by atoms with Crippen LogP contribution in [0.2, 0.25) is 0 Å². The van der Waals surface area contributed by atoms with Crippen molar-refractivity contribution < 1.29 is 9.53 Å². The minimum absolute atomic E-state index is 0.0192. The SMILES string of the molecule is COc1ccc2c(c1)CCN(C(=O)C(I)/C=C1/N=CC(Br)=CN1N)C2C. The van der Waals surface area contributed by atoms with Crippen molar-refractivity contribution in [3.8, 4) is 5.75 Å². The van der Waals surface area contributed by atoms with Crippen molar-refractivity contribution in [2.24, 2.45) is 10.8 Å². The van der Waals surface area contributed by atoms with Gasteiger partial charge < -0.3 is 9.64 Å². The van der Waals surface area contributed by atoms with Gasteiger partial charge in [-0.05, 0) is 58.6 Å². The van der Waals surface area contributed by atoms with Crippen molar-refractivity contribution in [1.82, 2.24) is 9.91 Å². The molecule has 2 aliphatic rings. The quantitative estimate of drug-likeness (QED) is 0.370. The lowest BCUT2D eigenvalue weighted by atomic mass is 9.93. The fourth-order valence-electron chi connectivity index (χ4n) is 3.15. The molecule has 2 N–H and O–H groups in total. The molecule has 0 saturated heterocycles. The molecule has 2 heterocycles. The Bertz CT molecular complexity index is 808. The van der Waals surface area contributed by atoms with E-state index in [9.17, 15) is 4.79 Å². The summed E-state index contributed by atoms with van der Waals surface area (Å²) in [5.41, 5.74) is 2.41. The maximum atomic E-state index is 13.0. The molecule has 2 atom stereocenters. The first-order valence-corrected chi connectivity index (χ1v) is 10.2. The first-order chi connectivity index (χ1) is 12.4. The number of hydrogen-bond acceptors (Lipinski definition) is 5. The van der Waals surface area contributed by atoms with Crippen LogP contribution in [-0.4, -0.2) is 39.6 Å². The second-order valence-electron chi connectivity index (χ2n) is 6.13. The highest BCUT2D eigenvalue weighted by Gasteiger charge is 2.31. The molecule has 0 bridgehead atoms. The number of aliphatic imine (C=N–C) groups is 1. The molecule has 2 unspecified atom stereocenters. The Morgan fingerprint density at radius 3 is 3.00 bits per heavy atom. The van der Waals surface area contributed by atoms with Gasteiger partial charge in [0, 0.05) is 19.0 Å². The Morgan fingerprint density at radius 2 is 2.31 bits per heavy atom. The fraction of sp³-hybridized carbons (Fsp3) is 0.333. The summed E-state index contributed by atoms with van der Waals surface area (Å²) in [6, 6.07) is 6.07. The van der Waals surface area contributed by atoms with Gasteiger partial charge in [-0.2, -0.15) is 0 Å². The topological polar surface area (TPSA) is 71.2 Å². The fourth-order valence-corrected chi connectivity index (χ4v) is 4.16. The number of alkyl halides is 1. The predicted octanol–water partition coefficient (Wildman–Crippen LogP) is 3.28. The van der Waals surface area contributed by atoms with E-state index < -0.39 is 0 Å². The van der Waals surface area contributed by atoms with Crippen LogP contribution in [0.15, 0.2) is 45.8 Å². The molecule has 8 heteroatoms. The van der Waals surface area contributed by atoms with E-state index in [0.717, 1.165) is 16.7 Å². The molecule has 0 radical (unpaired) electrons. The van der Waals surface area contributed by atoms with E-state index in [1.807, 2.05) is 17.0 Å². The molecular formula is C18H20BrIN4O2. The molecule has 0 aliphatic carbocycles. The second kappa shape index (κ2) is 8.10. The summed E-state index contributed by atoms with van der Waals surface area (Å²) in [6.45, 7) is 2.75. The van der Waals surface area contributed by atoms with Crippen LogP contribution in [0.3, 0.4) is 0 Å². The lowest BCUT2D eigenvalue weighted by molar-refractivity contribution is -0.132. The largest absolute Gasteiger partial charge is 0.497 e. The summed E-state index contributed by atoms with van der Waals surface area (Å²) in [5.74, 6) is 7.38. The van der Waals surface area contributed by atoms with Crippen molar-refractivity contribution >= 4 is 50.6 Å². The van der Waals surface area contributed by atoms with Crippen LogP contribution in [0.5, 0.6) is 5.75 Å². The van der Waals surface area contributed by atoms with Gasteiger partial charge in [0.2, 0.25) is 5.91 Å². The molecule has 3 rings (SSSR count). The van der Waals surface area contributed by atoms with Gasteiger partial charge in [0.05, 0.1) is 17.6 Å². The zero-order valence-corrected chi connectivity index (χ0v) is 18.3. The molecule has 6 nitrogen and oxygen atoms in total. The van der Waals surface area contributed by atoms with Crippen LogP contribution in [0.4, 0.5) is 0 Å². The molecule has 0 fully saturated rings. The first kappa shape index (κ1) is 19.4. The molecule has 0 aromatic heterocycles. The number of nitrogens with two attached hydrogens (primary N) is 1. The van der Waals surface area contributed by atoms with E-state index in [2.05, 4.69) is 56.5 Å². The Morgan fingerprint density at radius 1 is 1.54 bits per heavy atom. The van der Waals surface area contributed by atoms with Crippen LogP contribution < -0.4 is 10.6 Å². The van der Waals surface area contributed by atoms with E-state index in [1.54, 1.807) is 25.6 Å². The summed E-state index contributed by atoms with van der Waals surface area (Å²) < 4.78 is 5.74. The molecule has 2 aliphatic heterocycles. The zero-order chi connectivity index (χ0) is 18.8. The van der Waals surface area contributed by atoms with Gasteiger partial charge in [0.15, 0.2) is 0 Å². The number of nitrogens with zero attached hydrogens (tertiary/aromatic N) is 3. The number of allylic oxidation sites excluding steroid dienone is 1. The minimum atomic E-state index is -0.349. The number of rotatable bonds is 3. The van der Waals surface area contributed by atoms with Crippen LogP contribution >= 0.6 is 38.5 Å². The van der Waals surface area contributed by atoms with Crippen molar-refractivity contribution in [1.29, 1.82) is 0 Å². The number of halogens is 2. The average molecular weight is 531 g/mol. The summed E-state index contributed by atoms with van der Waals surface area (Å²) in [4.78, 5) is 19.2. The molecular weight excluding hydrogens is 511 g/mol. The highest BCUT2D eigenvalue weighted by Crippen LogP contribution is 2.33. The molecule has 26 heavy (non-hydrogen) atoms. The number of hydrazine groups is 1. The summed E-state index contributed by atoms with van der Waals surface area (Å²) in [5, 5.41) is 1.41. The molecule has 1 aromatic carbocycles. The van der Waals surface area contributed by atoms with Crippen molar-refractivity contribution in [3.63, 3.8) is 0 Å². The number of benzene rings is 1. The second-order valence-corrected chi connectivity index (χ2v) is 8.39. The number of carbonyl (C=O) groups is 1. The third-order valence-corrected chi connectivity index (χ3v) is 5.85. The third-order valence-electron chi connectivity index (χ3n) is 4.55. The molecule has 1 aromatic rings. The smallest absolute Gasteiger partial charge is 0.240 e. The Balaban J connectivity index is 1.77. The number of carbonyl (C=O) groups excluding carboxylic acids is 1. The lowest BCUT2D eigenvalue weighted by Crippen LogP contribution is -2.42. The first-order valence-electron chi connectivity index (χ1n) is 8.19. The van der Waals surface area contributed by atoms with Gasteiger partial charge in [-0.25, -0.2) is 10.8 Å². The van der Waals surface area contributed by atoms with Gasteiger partial charge in [0.25, 0.3) is 0 Å². The normalized spacial score (nSPS) is 22.1. The maximum Gasteiger partial charge on any atom is 0.240 e. The van der Waals surface area contributed by atoms with Gasteiger partial charge >= 0.3 is 0 Å². The summed E-state index contributed by atoms with van der Waals surface area (Å²) in [6.07, 6.45) is 5.97. The Labute approximate surface area is 175 Å². The highest BCUT2D eigenvalue weighted by molar-refractivity contribution is 14.1. The standard InChI is InChI=1S/C18H20BrIN4O2/c1-11-15-4-3-14(26-2)7-12(15)5-6-23(11)18(25)16(20)8-17-22-9-13(19)10-24(17)21/h3-4,7-11,16H,5-6,21H2,1-2H3/b17-8-. The van der Waals surface area contributed by atoms with E-state index in [1.165, 1.54) is 16.1 Å². The summed E-state index contributed by atoms with van der Waals surface area (Å²) >= 11 is 5.46. The number of ether oxygens (including phenoxy) is 1. The molecule has 0 spiro atoms.